The molecule has 0 spiro atoms. The van der Waals surface area contributed by atoms with Crippen LogP contribution >= 0.6 is 0 Å². The summed E-state index contributed by atoms with van der Waals surface area (Å²) in [4.78, 5) is 22.5. The summed E-state index contributed by atoms with van der Waals surface area (Å²) in [5.41, 5.74) is 0.481. The molecule has 5 heteroatoms. The van der Waals surface area contributed by atoms with Gasteiger partial charge in [0.2, 0.25) is 5.91 Å². The average molecular weight is 262 g/mol. The Morgan fingerprint density at radius 2 is 2.00 bits per heavy atom. The highest BCUT2D eigenvalue weighted by atomic mass is 16.6. The number of amides is 1. The lowest BCUT2D eigenvalue weighted by Crippen LogP contribution is -2.49. The molecule has 1 aliphatic rings. The Hall–Kier alpha value is -1.91. The quantitative estimate of drug-likeness (QED) is 0.654. The van der Waals surface area contributed by atoms with E-state index < -0.39 is 10.3 Å². The molecule has 0 unspecified atom stereocenters. The Balaban J connectivity index is 2.21. The molecule has 0 saturated heterocycles. The minimum Gasteiger partial charge on any atom is -0.355 e. The molecule has 2 rings (SSSR count). The standard InChI is InChI=1S/C14H18N2O3/c1-2-10-15-13(17)14(8-3-9-14)11-4-6-12(7-5-11)16(18)19/h4-7H,2-3,8-10H2,1H3,(H,15,17). The lowest BCUT2D eigenvalue weighted by atomic mass is 9.64. The van der Waals surface area contributed by atoms with Crippen molar-refractivity contribution in [1.29, 1.82) is 0 Å². The first-order chi connectivity index (χ1) is 9.10. The van der Waals surface area contributed by atoms with Gasteiger partial charge in [0.1, 0.15) is 0 Å². The molecule has 0 radical (unpaired) electrons. The van der Waals surface area contributed by atoms with Gasteiger partial charge in [0.15, 0.2) is 0 Å². The highest BCUT2D eigenvalue weighted by Crippen LogP contribution is 2.44. The minimum atomic E-state index is -0.468. The van der Waals surface area contributed by atoms with Crippen molar-refractivity contribution in [2.75, 3.05) is 6.54 Å². The molecule has 5 nitrogen and oxygen atoms in total. The second-order valence-electron chi connectivity index (χ2n) is 5.00. The largest absolute Gasteiger partial charge is 0.355 e. The van der Waals surface area contributed by atoms with E-state index in [-0.39, 0.29) is 11.6 Å². The first-order valence-corrected chi connectivity index (χ1v) is 6.63. The zero-order valence-electron chi connectivity index (χ0n) is 11.0. The van der Waals surface area contributed by atoms with Crippen LogP contribution in [-0.4, -0.2) is 17.4 Å². The Labute approximate surface area is 112 Å². The van der Waals surface area contributed by atoms with E-state index in [0.717, 1.165) is 31.2 Å². The van der Waals surface area contributed by atoms with Crippen LogP contribution in [0.2, 0.25) is 0 Å². The smallest absolute Gasteiger partial charge is 0.269 e. The molecule has 0 aromatic heterocycles. The maximum atomic E-state index is 12.3. The third kappa shape index (κ3) is 2.45. The number of rotatable bonds is 5. The number of benzene rings is 1. The summed E-state index contributed by atoms with van der Waals surface area (Å²) in [5, 5.41) is 13.6. The van der Waals surface area contributed by atoms with E-state index in [0.29, 0.717) is 6.54 Å². The molecule has 0 atom stereocenters. The van der Waals surface area contributed by atoms with Crippen LogP contribution in [0.5, 0.6) is 0 Å². The van der Waals surface area contributed by atoms with E-state index in [1.54, 1.807) is 12.1 Å². The first kappa shape index (κ1) is 13.5. The van der Waals surface area contributed by atoms with Crippen molar-refractivity contribution in [2.45, 2.75) is 38.0 Å². The molecule has 0 bridgehead atoms. The zero-order chi connectivity index (χ0) is 13.9. The van der Waals surface area contributed by atoms with Gasteiger partial charge in [-0.15, -0.1) is 0 Å². The summed E-state index contributed by atoms with van der Waals surface area (Å²) in [6.45, 7) is 2.69. The zero-order valence-corrected chi connectivity index (χ0v) is 11.0. The fourth-order valence-electron chi connectivity index (χ4n) is 2.49. The van der Waals surface area contributed by atoms with Crippen LogP contribution in [0, 0.1) is 10.1 Å². The number of carbonyl (C=O) groups is 1. The van der Waals surface area contributed by atoms with E-state index in [1.165, 1.54) is 12.1 Å². The monoisotopic (exact) mass is 262 g/mol. The number of nitrogens with zero attached hydrogens (tertiary/aromatic N) is 1. The fraction of sp³-hybridized carbons (Fsp3) is 0.500. The number of nitrogens with one attached hydrogen (secondary N) is 1. The molecule has 1 N–H and O–H groups in total. The van der Waals surface area contributed by atoms with E-state index in [9.17, 15) is 14.9 Å². The highest BCUT2D eigenvalue weighted by molar-refractivity contribution is 5.89. The molecular formula is C14H18N2O3. The fourth-order valence-corrected chi connectivity index (χ4v) is 2.49. The van der Waals surface area contributed by atoms with Crippen molar-refractivity contribution in [3.63, 3.8) is 0 Å². The number of hydrogen-bond acceptors (Lipinski definition) is 3. The molecule has 1 aliphatic carbocycles. The number of nitro benzene ring substituents is 1. The van der Waals surface area contributed by atoms with Crippen molar-refractivity contribution in [3.05, 3.63) is 39.9 Å². The molecule has 1 amide bonds. The maximum Gasteiger partial charge on any atom is 0.269 e. The van der Waals surface area contributed by atoms with Crippen LogP contribution in [0.1, 0.15) is 38.2 Å². The summed E-state index contributed by atoms with van der Waals surface area (Å²) >= 11 is 0. The predicted molar refractivity (Wildman–Crippen MR) is 71.9 cm³/mol. The van der Waals surface area contributed by atoms with Crippen LogP contribution in [0.4, 0.5) is 5.69 Å². The normalized spacial score (nSPS) is 16.5. The first-order valence-electron chi connectivity index (χ1n) is 6.63. The molecule has 1 saturated carbocycles. The van der Waals surface area contributed by atoms with Gasteiger partial charge < -0.3 is 5.32 Å². The van der Waals surface area contributed by atoms with Crippen molar-refractivity contribution >= 4 is 11.6 Å². The van der Waals surface area contributed by atoms with Crippen molar-refractivity contribution in [3.8, 4) is 0 Å². The summed E-state index contributed by atoms with van der Waals surface area (Å²) in [5.74, 6) is 0.0504. The van der Waals surface area contributed by atoms with E-state index in [4.69, 9.17) is 0 Å². The van der Waals surface area contributed by atoms with E-state index in [1.807, 2.05) is 6.92 Å². The molecule has 0 heterocycles. The second kappa shape index (κ2) is 5.38. The Bertz CT molecular complexity index is 478. The summed E-state index contributed by atoms with van der Waals surface area (Å²) in [6, 6.07) is 6.37. The van der Waals surface area contributed by atoms with Gasteiger partial charge >= 0.3 is 0 Å². The molecule has 0 aliphatic heterocycles. The second-order valence-corrected chi connectivity index (χ2v) is 5.00. The van der Waals surface area contributed by atoms with Crippen LogP contribution in [0.3, 0.4) is 0 Å². The summed E-state index contributed by atoms with van der Waals surface area (Å²) < 4.78 is 0. The van der Waals surface area contributed by atoms with E-state index in [2.05, 4.69) is 5.32 Å². The Morgan fingerprint density at radius 1 is 1.37 bits per heavy atom. The Morgan fingerprint density at radius 3 is 2.42 bits per heavy atom. The highest BCUT2D eigenvalue weighted by Gasteiger charge is 2.45. The topological polar surface area (TPSA) is 72.2 Å². The van der Waals surface area contributed by atoms with Crippen LogP contribution in [0.15, 0.2) is 24.3 Å². The molecule has 1 aromatic rings. The molecule has 1 fully saturated rings. The average Bonchev–Trinajstić information content (AvgIpc) is 2.35. The predicted octanol–water partition coefficient (Wildman–Crippen LogP) is 2.54. The number of nitro groups is 1. The summed E-state index contributed by atoms with van der Waals surface area (Å²) in [7, 11) is 0. The van der Waals surface area contributed by atoms with Crippen molar-refractivity contribution < 1.29 is 9.72 Å². The van der Waals surface area contributed by atoms with E-state index >= 15 is 0 Å². The SMILES string of the molecule is CCCNC(=O)C1(c2ccc([N+](=O)[O-])cc2)CCC1. The van der Waals surface area contributed by atoms with Crippen LogP contribution in [0.25, 0.3) is 0 Å². The Kier molecular flexibility index (Phi) is 3.83. The van der Waals surface area contributed by atoms with Gasteiger partial charge in [0, 0.05) is 18.7 Å². The number of non-ortho nitro benzene ring substituents is 1. The number of hydrogen-bond donors (Lipinski definition) is 1. The van der Waals surface area contributed by atoms with Gasteiger partial charge in [0.05, 0.1) is 10.3 Å². The van der Waals surface area contributed by atoms with Gasteiger partial charge in [-0.1, -0.05) is 25.5 Å². The van der Waals surface area contributed by atoms with Gasteiger partial charge in [-0.05, 0) is 24.8 Å². The molecule has 102 valence electrons. The maximum absolute atomic E-state index is 12.3. The van der Waals surface area contributed by atoms with Crippen molar-refractivity contribution in [1.82, 2.24) is 5.32 Å². The molecular weight excluding hydrogens is 244 g/mol. The third-order valence-corrected chi connectivity index (χ3v) is 3.81. The molecule has 19 heavy (non-hydrogen) atoms. The van der Waals surface area contributed by atoms with Crippen LogP contribution < -0.4 is 5.32 Å². The lowest BCUT2D eigenvalue weighted by Gasteiger charge is -2.40. The van der Waals surface area contributed by atoms with Crippen LogP contribution in [-0.2, 0) is 10.2 Å². The number of carbonyl (C=O) groups excluding carboxylic acids is 1. The van der Waals surface area contributed by atoms with Gasteiger partial charge in [-0.2, -0.15) is 0 Å². The van der Waals surface area contributed by atoms with Gasteiger partial charge in [-0.25, -0.2) is 0 Å². The lowest BCUT2D eigenvalue weighted by molar-refractivity contribution is -0.384. The third-order valence-electron chi connectivity index (χ3n) is 3.81. The summed E-state index contributed by atoms with van der Waals surface area (Å²) in [6.07, 6.45) is 3.57. The minimum absolute atomic E-state index is 0.0504. The van der Waals surface area contributed by atoms with Crippen molar-refractivity contribution in [2.24, 2.45) is 0 Å². The van der Waals surface area contributed by atoms with Gasteiger partial charge in [-0.3, -0.25) is 14.9 Å². The van der Waals surface area contributed by atoms with Gasteiger partial charge in [0.25, 0.3) is 5.69 Å². The molecule has 1 aromatic carbocycles.